The first kappa shape index (κ1) is 16.0. The maximum Gasteiger partial charge on any atom is 0.387 e. The average molecular weight is 333 g/mol. The molecule has 2 aromatic rings. The highest BCUT2D eigenvalue weighted by molar-refractivity contribution is 6.32. The van der Waals surface area contributed by atoms with Crippen LogP contribution in [0.2, 0.25) is 5.02 Å². The first-order chi connectivity index (χ1) is 10.4. The van der Waals surface area contributed by atoms with Crippen molar-refractivity contribution in [3.63, 3.8) is 0 Å². The Morgan fingerprint density at radius 2 is 2.27 bits per heavy atom. The van der Waals surface area contributed by atoms with E-state index in [-0.39, 0.29) is 23.0 Å². The molecule has 0 saturated heterocycles. The Balaban J connectivity index is 1.93. The molecule has 2 rings (SSSR count). The lowest BCUT2D eigenvalue weighted by Crippen LogP contribution is -2.28. The summed E-state index contributed by atoms with van der Waals surface area (Å²) in [5, 5.41) is 8.53. The summed E-state index contributed by atoms with van der Waals surface area (Å²) >= 11 is 5.71. The summed E-state index contributed by atoms with van der Waals surface area (Å²) in [5.41, 5.74) is 0.238. The molecule has 0 aliphatic heterocycles. The monoisotopic (exact) mass is 332 g/mol. The van der Waals surface area contributed by atoms with Crippen LogP contribution in [0.1, 0.15) is 11.7 Å². The number of hydrogen-bond donors (Lipinski definition) is 2. The van der Waals surface area contributed by atoms with Crippen molar-refractivity contribution in [2.24, 2.45) is 0 Å². The first-order valence-corrected chi connectivity index (χ1v) is 6.40. The van der Waals surface area contributed by atoms with E-state index in [2.05, 4.69) is 25.5 Å². The number of ether oxygens (including phenoxy) is 1. The number of aromatic nitrogens is 2. The maximum atomic E-state index is 12.2. The predicted molar refractivity (Wildman–Crippen MR) is 73.0 cm³/mol. The van der Waals surface area contributed by atoms with Gasteiger partial charge >= 0.3 is 12.6 Å². The van der Waals surface area contributed by atoms with E-state index in [0.29, 0.717) is 11.7 Å². The van der Waals surface area contributed by atoms with Gasteiger partial charge in [0.1, 0.15) is 5.75 Å². The molecule has 2 N–H and O–H groups in total. The van der Waals surface area contributed by atoms with Gasteiger partial charge in [-0.05, 0) is 12.1 Å². The number of halogens is 3. The van der Waals surface area contributed by atoms with Crippen LogP contribution in [0.15, 0.2) is 22.7 Å². The van der Waals surface area contributed by atoms with Gasteiger partial charge in [0.2, 0.25) is 5.89 Å². The number of hydrogen-bond acceptors (Lipinski definition) is 5. The van der Waals surface area contributed by atoms with Crippen LogP contribution in [0, 0.1) is 6.92 Å². The second kappa shape index (κ2) is 7.03. The largest absolute Gasteiger partial charge is 0.433 e. The van der Waals surface area contributed by atoms with Crippen molar-refractivity contribution in [3.05, 3.63) is 34.9 Å². The number of amides is 2. The molecule has 0 atom stereocenters. The third-order valence-corrected chi connectivity index (χ3v) is 2.69. The number of carbonyl (C=O) groups is 1. The normalized spacial score (nSPS) is 10.6. The molecule has 10 heteroatoms. The molecule has 0 aliphatic rings. The van der Waals surface area contributed by atoms with Crippen LogP contribution < -0.4 is 15.4 Å². The van der Waals surface area contributed by atoms with Crippen LogP contribution in [0.3, 0.4) is 0 Å². The van der Waals surface area contributed by atoms with Crippen LogP contribution in [0.5, 0.6) is 5.75 Å². The number of nitrogens with zero attached hydrogens (tertiary/aromatic N) is 2. The number of aryl methyl sites for hydroxylation is 1. The van der Waals surface area contributed by atoms with Crippen LogP contribution in [0.25, 0.3) is 0 Å². The SMILES string of the molecule is Cc1nc(CNC(=O)Nc2ccc(Cl)c(OC(F)F)c2)no1. The number of nitrogens with one attached hydrogen (secondary N) is 2. The van der Waals surface area contributed by atoms with E-state index in [4.69, 9.17) is 16.1 Å². The zero-order valence-corrected chi connectivity index (χ0v) is 12.0. The van der Waals surface area contributed by atoms with Crippen molar-refractivity contribution in [3.8, 4) is 5.75 Å². The van der Waals surface area contributed by atoms with Crippen LogP contribution in [-0.2, 0) is 6.54 Å². The molecule has 1 heterocycles. The molecule has 22 heavy (non-hydrogen) atoms. The minimum Gasteiger partial charge on any atom is -0.433 e. The highest BCUT2D eigenvalue weighted by atomic mass is 35.5. The number of benzene rings is 1. The third-order valence-electron chi connectivity index (χ3n) is 2.38. The molecule has 0 spiro atoms. The van der Waals surface area contributed by atoms with E-state index in [1.54, 1.807) is 6.92 Å². The van der Waals surface area contributed by atoms with Gasteiger partial charge in [-0.2, -0.15) is 13.8 Å². The molecular weight excluding hydrogens is 322 g/mol. The van der Waals surface area contributed by atoms with Gasteiger partial charge in [-0.3, -0.25) is 0 Å². The van der Waals surface area contributed by atoms with Crippen LogP contribution >= 0.6 is 11.6 Å². The Morgan fingerprint density at radius 3 is 2.91 bits per heavy atom. The Kier molecular flexibility index (Phi) is 5.10. The Hall–Kier alpha value is -2.42. The van der Waals surface area contributed by atoms with Gasteiger partial charge in [0.05, 0.1) is 11.6 Å². The van der Waals surface area contributed by atoms with E-state index in [0.717, 1.165) is 0 Å². The number of alkyl halides is 2. The minimum absolute atomic E-state index is 0.00790. The summed E-state index contributed by atoms with van der Waals surface area (Å²) in [6.07, 6.45) is 0. The number of carbonyl (C=O) groups excluding carboxylic acids is 1. The minimum atomic E-state index is -3.01. The van der Waals surface area contributed by atoms with Crippen LogP contribution in [-0.4, -0.2) is 22.8 Å². The summed E-state index contributed by atoms with van der Waals surface area (Å²) in [7, 11) is 0. The zero-order chi connectivity index (χ0) is 16.1. The molecule has 118 valence electrons. The number of urea groups is 1. The third kappa shape index (κ3) is 4.55. The van der Waals surface area contributed by atoms with E-state index in [1.807, 2.05) is 0 Å². The van der Waals surface area contributed by atoms with Gasteiger partial charge in [0.15, 0.2) is 5.82 Å². The second-order valence-electron chi connectivity index (χ2n) is 4.06. The molecule has 1 aromatic heterocycles. The fourth-order valence-electron chi connectivity index (χ4n) is 1.52. The lowest BCUT2D eigenvalue weighted by Gasteiger charge is -2.10. The van der Waals surface area contributed by atoms with Crippen molar-refractivity contribution < 1.29 is 22.8 Å². The molecule has 7 nitrogen and oxygen atoms in total. The van der Waals surface area contributed by atoms with Gasteiger partial charge in [0.25, 0.3) is 0 Å². The van der Waals surface area contributed by atoms with E-state index >= 15 is 0 Å². The molecular formula is C12H11ClF2N4O3. The van der Waals surface area contributed by atoms with Crippen molar-refractivity contribution >= 4 is 23.3 Å². The van der Waals surface area contributed by atoms with Gasteiger partial charge in [0, 0.05) is 18.7 Å². The highest BCUT2D eigenvalue weighted by Gasteiger charge is 2.11. The predicted octanol–water partition coefficient (Wildman–Crippen LogP) is 2.95. The summed E-state index contributed by atoms with van der Waals surface area (Å²) in [4.78, 5) is 15.6. The van der Waals surface area contributed by atoms with Gasteiger partial charge in [-0.15, -0.1) is 0 Å². The summed E-state index contributed by atoms with van der Waals surface area (Å²) in [6, 6.07) is 3.38. The molecule has 2 amide bonds. The van der Waals surface area contributed by atoms with Gasteiger partial charge in [-0.1, -0.05) is 16.8 Å². The highest BCUT2D eigenvalue weighted by Crippen LogP contribution is 2.29. The van der Waals surface area contributed by atoms with Crippen molar-refractivity contribution in [1.29, 1.82) is 0 Å². The molecule has 0 radical (unpaired) electrons. The Bertz CT molecular complexity index is 666. The quantitative estimate of drug-likeness (QED) is 0.878. The van der Waals surface area contributed by atoms with Crippen molar-refractivity contribution in [2.45, 2.75) is 20.1 Å². The van der Waals surface area contributed by atoms with Crippen molar-refractivity contribution in [1.82, 2.24) is 15.5 Å². The molecule has 0 bridgehead atoms. The topological polar surface area (TPSA) is 89.3 Å². The number of rotatable bonds is 5. The summed E-state index contributed by atoms with van der Waals surface area (Å²) < 4.78 is 33.4. The Labute approximate surface area is 128 Å². The molecule has 1 aromatic carbocycles. The second-order valence-corrected chi connectivity index (χ2v) is 4.47. The fourth-order valence-corrected chi connectivity index (χ4v) is 1.68. The lowest BCUT2D eigenvalue weighted by molar-refractivity contribution is -0.0497. The maximum absolute atomic E-state index is 12.2. The lowest BCUT2D eigenvalue weighted by atomic mass is 10.3. The van der Waals surface area contributed by atoms with E-state index in [1.165, 1.54) is 18.2 Å². The van der Waals surface area contributed by atoms with Gasteiger partial charge in [-0.25, -0.2) is 4.79 Å². The molecule has 0 aliphatic carbocycles. The first-order valence-electron chi connectivity index (χ1n) is 6.02. The smallest absolute Gasteiger partial charge is 0.387 e. The van der Waals surface area contributed by atoms with Crippen molar-refractivity contribution in [2.75, 3.05) is 5.32 Å². The van der Waals surface area contributed by atoms with Gasteiger partial charge < -0.3 is 19.9 Å². The van der Waals surface area contributed by atoms with E-state index < -0.39 is 12.6 Å². The molecule has 0 saturated carbocycles. The van der Waals surface area contributed by atoms with E-state index in [9.17, 15) is 13.6 Å². The molecule has 0 fully saturated rings. The average Bonchev–Trinajstić information content (AvgIpc) is 2.85. The Morgan fingerprint density at radius 1 is 1.50 bits per heavy atom. The van der Waals surface area contributed by atoms with Crippen LogP contribution in [0.4, 0.5) is 19.3 Å². The fraction of sp³-hybridized carbons (Fsp3) is 0.250. The summed E-state index contributed by atoms with van der Waals surface area (Å²) in [6.45, 7) is -1.34. The molecule has 0 unspecified atom stereocenters. The number of anilines is 1. The zero-order valence-electron chi connectivity index (χ0n) is 11.3. The standard InChI is InChI=1S/C12H11ClF2N4O3/c1-6-17-10(19-22-6)5-16-12(20)18-7-2-3-8(13)9(4-7)21-11(14)15/h2-4,11H,5H2,1H3,(H2,16,18,20). The summed E-state index contributed by atoms with van der Waals surface area (Å²) in [5.74, 6) is 0.456.